The van der Waals surface area contributed by atoms with Crippen molar-refractivity contribution in [2.75, 3.05) is 6.61 Å². The normalized spacial score (nSPS) is 23.8. The third-order valence-electron chi connectivity index (χ3n) is 6.22. The van der Waals surface area contributed by atoms with Gasteiger partial charge in [0.15, 0.2) is 11.4 Å². The molecule has 2 aromatic rings. The van der Waals surface area contributed by atoms with Gasteiger partial charge in [-0.05, 0) is 31.2 Å². The van der Waals surface area contributed by atoms with E-state index in [0.717, 1.165) is 18.4 Å². The fourth-order valence-electron chi connectivity index (χ4n) is 4.77. The number of rotatable bonds is 5. The Labute approximate surface area is 167 Å². The van der Waals surface area contributed by atoms with Crippen molar-refractivity contribution in [3.8, 4) is 5.75 Å². The predicted molar refractivity (Wildman–Crippen MR) is 104 cm³/mol. The van der Waals surface area contributed by atoms with Crippen LogP contribution in [0.25, 0.3) is 0 Å². The van der Waals surface area contributed by atoms with Crippen LogP contribution in [0.1, 0.15) is 46.2 Å². The Morgan fingerprint density at radius 3 is 2.66 bits per heavy atom. The second-order valence-electron chi connectivity index (χ2n) is 7.86. The molecule has 1 aromatic heterocycles. The Hall–Kier alpha value is -3.09. The lowest BCUT2D eigenvalue weighted by Gasteiger charge is -2.33. The summed E-state index contributed by atoms with van der Waals surface area (Å²) < 4.78 is 12.6. The van der Waals surface area contributed by atoms with E-state index in [1.165, 1.54) is 6.20 Å². The molecule has 6 rings (SSSR count). The third-order valence-corrected chi connectivity index (χ3v) is 6.22. The standard InChI is InChI=1S/C22H22N2O5/c1-2-28-22(27)16-10-23-11-17-14-8-15(9-14)24(17)21(26)18(23)20(19(16)25)29-12-13-6-4-3-5-7-13/h3-7,10,14-15,17H,2,8-9,11-12H2,1H3/t14?,15?,17-/m1/s1. The number of esters is 1. The Bertz CT molecular complexity index is 1040. The van der Waals surface area contributed by atoms with Crippen LogP contribution < -0.4 is 10.2 Å². The molecule has 0 radical (unpaired) electrons. The van der Waals surface area contributed by atoms with Gasteiger partial charge in [0.1, 0.15) is 12.2 Å². The molecule has 0 spiro atoms. The molecule has 1 aromatic carbocycles. The number of ether oxygens (including phenoxy) is 2. The van der Waals surface area contributed by atoms with E-state index in [1.807, 2.05) is 35.2 Å². The number of carbonyl (C=O) groups is 2. The third kappa shape index (κ3) is 2.75. The molecule has 1 amide bonds. The van der Waals surface area contributed by atoms with Crippen molar-refractivity contribution in [2.45, 2.75) is 45.0 Å². The van der Waals surface area contributed by atoms with Gasteiger partial charge < -0.3 is 18.9 Å². The Morgan fingerprint density at radius 2 is 1.93 bits per heavy atom. The first-order chi connectivity index (χ1) is 14.1. The fourth-order valence-corrected chi connectivity index (χ4v) is 4.77. The summed E-state index contributed by atoms with van der Waals surface area (Å²) in [7, 11) is 0. The van der Waals surface area contributed by atoms with Gasteiger partial charge in [-0.3, -0.25) is 9.59 Å². The summed E-state index contributed by atoms with van der Waals surface area (Å²) >= 11 is 0. The van der Waals surface area contributed by atoms with Crippen molar-refractivity contribution in [2.24, 2.45) is 5.92 Å². The van der Waals surface area contributed by atoms with Crippen molar-refractivity contribution < 1.29 is 19.1 Å². The van der Waals surface area contributed by atoms with Gasteiger partial charge in [0.05, 0.1) is 12.6 Å². The monoisotopic (exact) mass is 394 g/mol. The highest BCUT2D eigenvalue weighted by molar-refractivity contribution is 5.98. The molecule has 0 unspecified atom stereocenters. The summed E-state index contributed by atoms with van der Waals surface area (Å²) in [5.41, 5.74) is 0.425. The highest BCUT2D eigenvalue weighted by atomic mass is 16.5. The van der Waals surface area contributed by atoms with Gasteiger partial charge in [-0.25, -0.2) is 4.79 Å². The maximum Gasteiger partial charge on any atom is 0.343 e. The quantitative estimate of drug-likeness (QED) is 0.727. The minimum atomic E-state index is -0.692. The van der Waals surface area contributed by atoms with Gasteiger partial charge in [0, 0.05) is 18.8 Å². The van der Waals surface area contributed by atoms with Gasteiger partial charge in [0.25, 0.3) is 5.91 Å². The summed E-state index contributed by atoms with van der Waals surface area (Å²) in [5.74, 6) is -0.437. The zero-order valence-electron chi connectivity index (χ0n) is 16.2. The van der Waals surface area contributed by atoms with E-state index in [1.54, 1.807) is 11.5 Å². The number of amides is 1. The van der Waals surface area contributed by atoms with Crippen LogP contribution in [0.3, 0.4) is 0 Å². The minimum absolute atomic E-state index is 0.0630. The Morgan fingerprint density at radius 1 is 1.17 bits per heavy atom. The second-order valence-corrected chi connectivity index (χ2v) is 7.86. The first kappa shape index (κ1) is 18.0. The lowest BCUT2D eigenvalue weighted by atomic mass is 9.83. The number of aromatic nitrogens is 1. The largest absolute Gasteiger partial charge is 0.483 e. The molecule has 3 fully saturated rings. The smallest absolute Gasteiger partial charge is 0.343 e. The van der Waals surface area contributed by atoms with Crippen LogP contribution >= 0.6 is 0 Å². The first-order valence-corrected chi connectivity index (χ1v) is 10.0. The molecule has 150 valence electrons. The molecule has 3 aliphatic heterocycles. The van der Waals surface area contributed by atoms with Crippen LogP contribution in [-0.4, -0.2) is 40.0 Å². The van der Waals surface area contributed by atoms with Crippen molar-refractivity contribution in [1.29, 1.82) is 0 Å². The SMILES string of the molecule is CCOC(=O)c1cn2c(c(OCc3ccccc3)c1=O)C(=O)N1C3CC(C3)[C@H]1C2. The number of carbonyl (C=O) groups excluding carboxylic acids is 2. The number of nitrogens with zero attached hydrogens (tertiary/aromatic N) is 2. The number of pyridine rings is 1. The minimum Gasteiger partial charge on any atom is -0.483 e. The lowest BCUT2D eigenvalue weighted by Crippen LogP contribution is -2.46. The maximum atomic E-state index is 13.3. The van der Waals surface area contributed by atoms with E-state index in [9.17, 15) is 14.4 Å². The summed E-state index contributed by atoms with van der Waals surface area (Å²) in [5, 5.41) is 0. The van der Waals surface area contributed by atoms with Gasteiger partial charge >= 0.3 is 5.97 Å². The summed E-state index contributed by atoms with van der Waals surface area (Å²) in [6.07, 6.45) is 3.50. The molecular formula is C22H22N2O5. The summed E-state index contributed by atoms with van der Waals surface area (Å²) in [6, 6.07) is 9.79. The molecule has 7 nitrogen and oxygen atoms in total. The number of fused-ring (bicyclic) bond motifs is 1. The van der Waals surface area contributed by atoms with Crippen LogP contribution in [0.5, 0.6) is 5.75 Å². The number of hydrogen-bond acceptors (Lipinski definition) is 5. The van der Waals surface area contributed by atoms with E-state index in [2.05, 4.69) is 0 Å². The first-order valence-electron chi connectivity index (χ1n) is 10.0. The van der Waals surface area contributed by atoms with E-state index in [-0.39, 0.29) is 48.2 Å². The topological polar surface area (TPSA) is 77.8 Å². The van der Waals surface area contributed by atoms with Crippen LogP contribution in [0.4, 0.5) is 0 Å². The molecule has 1 saturated carbocycles. The van der Waals surface area contributed by atoms with Crippen molar-refractivity contribution >= 4 is 11.9 Å². The number of benzene rings is 1. The highest BCUT2D eigenvalue weighted by Gasteiger charge is 2.55. The average molecular weight is 394 g/mol. The second kappa shape index (κ2) is 6.76. The van der Waals surface area contributed by atoms with Crippen molar-refractivity contribution in [3.63, 3.8) is 0 Å². The van der Waals surface area contributed by atoms with E-state index in [4.69, 9.17) is 9.47 Å². The molecular weight excluding hydrogens is 372 g/mol. The van der Waals surface area contributed by atoms with Crippen molar-refractivity contribution in [3.05, 3.63) is 63.6 Å². The number of hydrogen-bond donors (Lipinski definition) is 0. The molecule has 7 heteroatoms. The van der Waals surface area contributed by atoms with Crippen LogP contribution in [0.15, 0.2) is 41.3 Å². The van der Waals surface area contributed by atoms with Crippen LogP contribution in [0, 0.1) is 5.92 Å². The molecule has 2 saturated heterocycles. The molecule has 4 heterocycles. The Kier molecular flexibility index (Phi) is 4.19. The van der Waals surface area contributed by atoms with Gasteiger partial charge in [-0.2, -0.15) is 0 Å². The molecule has 0 N–H and O–H groups in total. The van der Waals surface area contributed by atoms with Crippen LogP contribution in [-0.2, 0) is 17.9 Å². The van der Waals surface area contributed by atoms with E-state index in [0.29, 0.717) is 12.5 Å². The molecule has 2 bridgehead atoms. The van der Waals surface area contributed by atoms with Crippen molar-refractivity contribution in [1.82, 2.24) is 9.47 Å². The van der Waals surface area contributed by atoms with E-state index >= 15 is 0 Å². The highest BCUT2D eigenvalue weighted by Crippen LogP contribution is 2.49. The van der Waals surface area contributed by atoms with Gasteiger partial charge in [-0.15, -0.1) is 0 Å². The van der Waals surface area contributed by atoms with Gasteiger partial charge in [-0.1, -0.05) is 30.3 Å². The predicted octanol–water partition coefficient (Wildman–Crippen LogP) is 2.22. The maximum absolute atomic E-state index is 13.3. The fraction of sp³-hybridized carbons (Fsp3) is 0.409. The van der Waals surface area contributed by atoms with Crippen LogP contribution in [0.2, 0.25) is 0 Å². The molecule has 29 heavy (non-hydrogen) atoms. The summed E-state index contributed by atoms with van der Waals surface area (Å²) in [6.45, 7) is 2.56. The molecule has 1 atom stereocenters. The zero-order chi connectivity index (χ0) is 20.1. The summed E-state index contributed by atoms with van der Waals surface area (Å²) in [4.78, 5) is 40.7. The molecule has 1 aliphatic carbocycles. The molecule has 4 aliphatic rings. The lowest BCUT2D eigenvalue weighted by molar-refractivity contribution is 0.0516. The van der Waals surface area contributed by atoms with E-state index < -0.39 is 11.4 Å². The van der Waals surface area contributed by atoms with Gasteiger partial charge in [0.2, 0.25) is 5.43 Å². The Balaban J connectivity index is 1.59. The average Bonchev–Trinajstić information content (AvgIpc) is 3.23. The zero-order valence-corrected chi connectivity index (χ0v) is 16.2.